The third kappa shape index (κ3) is 5.43. The molecule has 0 saturated carbocycles. The van der Waals surface area contributed by atoms with Crippen molar-refractivity contribution < 1.29 is 18.9 Å². The third-order valence-corrected chi connectivity index (χ3v) is 8.08. The minimum absolute atomic E-state index is 0.388. The van der Waals surface area contributed by atoms with Gasteiger partial charge < -0.3 is 23.8 Å². The fourth-order valence-electron chi connectivity index (χ4n) is 5.78. The highest BCUT2D eigenvalue weighted by Gasteiger charge is 2.39. The van der Waals surface area contributed by atoms with Crippen LogP contribution < -0.4 is 14.4 Å². The number of aromatic nitrogens is 3. The van der Waals surface area contributed by atoms with Crippen LogP contribution in [0.5, 0.6) is 11.8 Å². The summed E-state index contributed by atoms with van der Waals surface area (Å²) in [7, 11) is 1.98. The number of hydrogen-bond acceptors (Lipinski definition) is 7. The van der Waals surface area contributed by atoms with Crippen molar-refractivity contribution >= 4 is 16.6 Å². The predicted molar refractivity (Wildman–Crippen MR) is 162 cm³/mol. The van der Waals surface area contributed by atoms with Crippen LogP contribution >= 0.6 is 0 Å². The molecule has 0 aliphatic carbocycles. The van der Waals surface area contributed by atoms with Gasteiger partial charge in [-0.1, -0.05) is 60.7 Å². The highest BCUT2D eigenvalue weighted by Crippen LogP contribution is 2.38. The highest BCUT2D eigenvalue weighted by molar-refractivity contribution is 5.96. The predicted octanol–water partition coefficient (Wildman–Crippen LogP) is 6.14. The van der Waals surface area contributed by atoms with E-state index in [1.807, 2.05) is 84.5 Å². The molecular formula is C34H34N4O4. The zero-order valence-electron chi connectivity index (χ0n) is 23.7. The van der Waals surface area contributed by atoms with Crippen LogP contribution in [0.4, 0.5) is 5.69 Å². The second-order valence-electron chi connectivity index (χ2n) is 10.8. The summed E-state index contributed by atoms with van der Waals surface area (Å²) >= 11 is 0. The van der Waals surface area contributed by atoms with Gasteiger partial charge in [-0.25, -0.2) is 0 Å². The van der Waals surface area contributed by atoms with Crippen LogP contribution in [0.15, 0.2) is 91.0 Å². The fraction of sp³-hybridized carbons (Fsp3) is 0.294. The maximum Gasteiger partial charge on any atom is 0.226 e. The summed E-state index contributed by atoms with van der Waals surface area (Å²) in [6.45, 7) is 3.98. The lowest BCUT2D eigenvalue weighted by Gasteiger charge is -2.38. The molecule has 2 saturated heterocycles. The number of nitrogens with zero attached hydrogens (tertiary/aromatic N) is 4. The van der Waals surface area contributed by atoms with Crippen molar-refractivity contribution in [3.05, 3.63) is 102 Å². The van der Waals surface area contributed by atoms with Gasteiger partial charge in [0.05, 0.1) is 24.3 Å². The van der Waals surface area contributed by atoms with Crippen LogP contribution in [-0.2, 0) is 29.7 Å². The smallest absolute Gasteiger partial charge is 0.226 e. The zero-order valence-corrected chi connectivity index (χ0v) is 23.7. The average molecular weight is 563 g/mol. The van der Waals surface area contributed by atoms with Crippen LogP contribution in [0, 0.1) is 0 Å². The SMILES string of the molecule is Cn1nc(-c2ccc(OCc3ccccc3)nc2OCc2ccccc2)c2ccc(N3CCC4(CC3)OCCO4)cc21. The molecule has 214 valence electrons. The number of benzene rings is 3. The van der Waals surface area contributed by atoms with E-state index in [9.17, 15) is 0 Å². The van der Waals surface area contributed by atoms with E-state index in [-0.39, 0.29) is 5.79 Å². The lowest BCUT2D eigenvalue weighted by atomic mass is 10.0. The summed E-state index contributed by atoms with van der Waals surface area (Å²) < 4.78 is 26.1. The molecule has 0 amide bonds. The Labute approximate surface area is 245 Å². The third-order valence-electron chi connectivity index (χ3n) is 8.08. The number of fused-ring (bicyclic) bond motifs is 1. The number of anilines is 1. The van der Waals surface area contributed by atoms with Crippen molar-refractivity contribution in [1.82, 2.24) is 14.8 Å². The van der Waals surface area contributed by atoms with Gasteiger partial charge >= 0.3 is 0 Å². The monoisotopic (exact) mass is 562 g/mol. The summed E-state index contributed by atoms with van der Waals surface area (Å²) in [4.78, 5) is 7.20. The van der Waals surface area contributed by atoms with E-state index in [4.69, 9.17) is 29.0 Å². The van der Waals surface area contributed by atoms with Crippen molar-refractivity contribution in [2.45, 2.75) is 31.8 Å². The summed E-state index contributed by atoms with van der Waals surface area (Å²) in [6, 6.07) is 30.6. The van der Waals surface area contributed by atoms with E-state index in [2.05, 4.69) is 23.1 Å². The molecule has 2 aliphatic rings. The maximum absolute atomic E-state index is 6.32. The summed E-state index contributed by atoms with van der Waals surface area (Å²) in [5.74, 6) is 0.609. The molecule has 2 fully saturated rings. The van der Waals surface area contributed by atoms with Gasteiger partial charge in [0.1, 0.15) is 18.9 Å². The molecule has 8 heteroatoms. The molecule has 8 nitrogen and oxygen atoms in total. The summed E-state index contributed by atoms with van der Waals surface area (Å²) in [6.07, 6.45) is 1.74. The second-order valence-corrected chi connectivity index (χ2v) is 10.8. The highest BCUT2D eigenvalue weighted by atomic mass is 16.7. The van der Waals surface area contributed by atoms with Gasteiger partial charge in [-0.15, -0.1) is 0 Å². The molecule has 5 aromatic rings. The van der Waals surface area contributed by atoms with Crippen molar-refractivity contribution in [2.24, 2.45) is 7.05 Å². The van der Waals surface area contributed by atoms with Crippen LogP contribution in [0.25, 0.3) is 22.2 Å². The van der Waals surface area contributed by atoms with Gasteiger partial charge in [-0.05, 0) is 35.4 Å². The normalized spacial score (nSPS) is 16.3. The first kappa shape index (κ1) is 26.5. The van der Waals surface area contributed by atoms with Crippen LogP contribution in [0.2, 0.25) is 0 Å². The van der Waals surface area contributed by atoms with Crippen molar-refractivity contribution in [3.63, 3.8) is 0 Å². The number of rotatable bonds is 8. The molecule has 0 unspecified atom stereocenters. The van der Waals surface area contributed by atoms with Crippen LogP contribution in [0.3, 0.4) is 0 Å². The number of pyridine rings is 1. The largest absolute Gasteiger partial charge is 0.473 e. The van der Waals surface area contributed by atoms with E-state index in [0.29, 0.717) is 38.2 Å². The minimum atomic E-state index is -0.388. The van der Waals surface area contributed by atoms with E-state index in [1.54, 1.807) is 0 Å². The van der Waals surface area contributed by atoms with E-state index in [1.165, 1.54) is 5.69 Å². The Morgan fingerprint density at radius 2 is 1.45 bits per heavy atom. The fourth-order valence-corrected chi connectivity index (χ4v) is 5.78. The molecule has 4 heterocycles. The van der Waals surface area contributed by atoms with Gasteiger partial charge in [0.15, 0.2) is 5.79 Å². The Bertz CT molecular complexity index is 1660. The van der Waals surface area contributed by atoms with Gasteiger partial charge in [0.2, 0.25) is 11.8 Å². The van der Waals surface area contributed by atoms with Gasteiger partial charge in [0.25, 0.3) is 0 Å². The minimum Gasteiger partial charge on any atom is -0.473 e. The number of ether oxygens (including phenoxy) is 4. The molecule has 0 bridgehead atoms. The van der Waals surface area contributed by atoms with Gasteiger partial charge in [-0.2, -0.15) is 10.1 Å². The topological polar surface area (TPSA) is 70.9 Å². The quantitative estimate of drug-likeness (QED) is 0.225. The number of piperidine rings is 1. The molecular weight excluding hydrogens is 528 g/mol. The Kier molecular flexibility index (Phi) is 7.23. The summed E-state index contributed by atoms with van der Waals surface area (Å²) in [5, 5.41) is 5.98. The average Bonchev–Trinajstić information content (AvgIpc) is 3.64. The molecule has 3 aromatic carbocycles. The Balaban J connectivity index is 1.17. The Morgan fingerprint density at radius 3 is 2.14 bits per heavy atom. The maximum atomic E-state index is 6.32. The molecule has 1 spiro atoms. The Morgan fingerprint density at radius 1 is 0.786 bits per heavy atom. The van der Waals surface area contributed by atoms with Crippen molar-refractivity contribution in [1.29, 1.82) is 0 Å². The molecule has 0 atom stereocenters. The lowest BCUT2D eigenvalue weighted by molar-refractivity contribution is -0.169. The summed E-state index contributed by atoms with van der Waals surface area (Å²) in [5.41, 5.74) is 6.02. The standard InChI is InChI=1S/C34H34N4O4/c1-37-30-22-27(38-18-16-34(17-19-38)41-20-21-42-34)12-13-28(30)32(36-37)29-14-15-31(39-23-25-8-4-2-5-9-25)35-33(29)40-24-26-10-6-3-7-11-26/h2-15,22H,16-21,23-24H2,1H3. The van der Waals surface area contributed by atoms with E-state index >= 15 is 0 Å². The lowest BCUT2D eigenvalue weighted by Crippen LogP contribution is -2.45. The van der Waals surface area contributed by atoms with E-state index < -0.39 is 0 Å². The zero-order chi connectivity index (χ0) is 28.4. The van der Waals surface area contributed by atoms with E-state index in [0.717, 1.165) is 59.2 Å². The molecule has 2 aliphatic heterocycles. The molecule has 0 radical (unpaired) electrons. The van der Waals surface area contributed by atoms with Crippen LogP contribution in [0.1, 0.15) is 24.0 Å². The van der Waals surface area contributed by atoms with Gasteiger partial charge in [0, 0.05) is 50.1 Å². The van der Waals surface area contributed by atoms with Gasteiger partial charge in [-0.3, -0.25) is 4.68 Å². The molecule has 7 rings (SSSR count). The molecule has 42 heavy (non-hydrogen) atoms. The Hall–Kier alpha value is -4.40. The number of aryl methyl sites for hydroxylation is 1. The molecule has 0 N–H and O–H groups in total. The first-order chi connectivity index (χ1) is 20.7. The first-order valence-electron chi connectivity index (χ1n) is 14.5. The van der Waals surface area contributed by atoms with Crippen molar-refractivity contribution in [2.75, 3.05) is 31.2 Å². The van der Waals surface area contributed by atoms with Crippen molar-refractivity contribution in [3.8, 4) is 23.0 Å². The second kappa shape index (κ2) is 11.5. The van der Waals surface area contributed by atoms with Crippen LogP contribution in [-0.4, -0.2) is 46.9 Å². The molecule has 2 aromatic heterocycles. The number of hydrogen-bond donors (Lipinski definition) is 0. The first-order valence-corrected chi connectivity index (χ1v) is 14.5.